The van der Waals surface area contributed by atoms with Crippen LogP contribution in [-0.4, -0.2) is 49.6 Å². The number of hydrogen-bond donors (Lipinski definition) is 2. The summed E-state index contributed by atoms with van der Waals surface area (Å²) in [4.78, 5) is 23.2. The molecule has 0 radical (unpaired) electrons. The zero-order valence-electron chi connectivity index (χ0n) is 11.7. The maximum absolute atomic E-state index is 11.8. The number of amides is 1. The lowest BCUT2D eigenvalue weighted by Gasteiger charge is -2.24. The first-order valence-corrected chi connectivity index (χ1v) is 7.27. The summed E-state index contributed by atoms with van der Waals surface area (Å²) in [6.07, 6.45) is 0.463. The van der Waals surface area contributed by atoms with E-state index in [4.69, 9.17) is 4.74 Å². The van der Waals surface area contributed by atoms with Crippen LogP contribution in [0.2, 0.25) is 0 Å². The van der Waals surface area contributed by atoms with Crippen molar-refractivity contribution in [1.29, 1.82) is 0 Å². The first kappa shape index (κ1) is 18.5. The van der Waals surface area contributed by atoms with E-state index in [1.165, 1.54) is 7.11 Å². The van der Waals surface area contributed by atoms with Gasteiger partial charge in [-0.2, -0.15) is 11.8 Å². The Kier molecular flexibility index (Phi) is 8.45. The largest absolute Gasteiger partial charge is 0.469 e. The SMILES string of the molecule is COC(=O)C(C)(C)CNC(=O)CC1CSCCN1.Cl. The van der Waals surface area contributed by atoms with Crippen molar-refractivity contribution in [2.45, 2.75) is 26.3 Å². The second-order valence-electron chi connectivity index (χ2n) is 5.08. The van der Waals surface area contributed by atoms with Crippen molar-refractivity contribution in [3.05, 3.63) is 0 Å². The molecule has 1 rings (SSSR count). The van der Waals surface area contributed by atoms with E-state index in [1.54, 1.807) is 13.8 Å². The zero-order valence-corrected chi connectivity index (χ0v) is 13.3. The fourth-order valence-electron chi connectivity index (χ4n) is 1.71. The maximum atomic E-state index is 11.8. The number of carbonyl (C=O) groups excluding carboxylic acids is 2. The lowest BCUT2D eigenvalue weighted by atomic mass is 9.93. The fraction of sp³-hybridized carbons (Fsp3) is 0.833. The van der Waals surface area contributed by atoms with Gasteiger partial charge in [-0.3, -0.25) is 9.59 Å². The van der Waals surface area contributed by atoms with Crippen molar-refractivity contribution in [3.63, 3.8) is 0 Å². The monoisotopic (exact) mass is 310 g/mol. The summed E-state index contributed by atoms with van der Waals surface area (Å²) in [5.41, 5.74) is -0.681. The van der Waals surface area contributed by atoms with Crippen molar-refractivity contribution in [2.75, 3.05) is 31.7 Å². The Morgan fingerprint density at radius 1 is 1.47 bits per heavy atom. The molecule has 0 aromatic rings. The van der Waals surface area contributed by atoms with Crippen LogP contribution in [0.1, 0.15) is 20.3 Å². The van der Waals surface area contributed by atoms with Gasteiger partial charge in [-0.1, -0.05) is 0 Å². The Bertz CT molecular complexity index is 307. The molecule has 0 bridgehead atoms. The maximum Gasteiger partial charge on any atom is 0.313 e. The molecule has 0 saturated carbocycles. The van der Waals surface area contributed by atoms with Gasteiger partial charge in [0.2, 0.25) is 5.91 Å². The molecule has 1 unspecified atom stereocenters. The van der Waals surface area contributed by atoms with Gasteiger partial charge < -0.3 is 15.4 Å². The average molecular weight is 311 g/mol. The molecule has 0 aromatic heterocycles. The number of thioether (sulfide) groups is 1. The van der Waals surface area contributed by atoms with E-state index in [0.29, 0.717) is 13.0 Å². The number of hydrogen-bond acceptors (Lipinski definition) is 5. The Labute approximate surface area is 125 Å². The van der Waals surface area contributed by atoms with Gasteiger partial charge in [0.05, 0.1) is 12.5 Å². The van der Waals surface area contributed by atoms with E-state index < -0.39 is 5.41 Å². The van der Waals surface area contributed by atoms with E-state index in [-0.39, 0.29) is 30.3 Å². The van der Waals surface area contributed by atoms with Crippen molar-refractivity contribution in [2.24, 2.45) is 5.41 Å². The third-order valence-corrected chi connectivity index (χ3v) is 4.03. The van der Waals surface area contributed by atoms with Crippen molar-refractivity contribution >= 4 is 36.0 Å². The lowest BCUT2D eigenvalue weighted by Crippen LogP contribution is -2.44. The predicted molar refractivity (Wildman–Crippen MR) is 79.8 cm³/mol. The normalized spacial score (nSPS) is 19.2. The van der Waals surface area contributed by atoms with Crippen molar-refractivity contribution in [3.8, 4) is 0 Å². The number of rotatable bonds is 5. The van der Waals surface area contributed by atoms with E-state index in [0.717, 1.165) is 18.1 Å². The molecule has 1 aliphatic rings. The highest BCUT2D eigenvalue weighted by atomic mass is 35.5. The van der Waals surface area contributed by atoms with Crippen LogP contribution < -0.4 is 10.6 Å². The van der Waals surface area contributed by atoms with Crippen LogP contribution >= 0.6 is 24.2 Å². The molecule has 1 atom stereocenters. The molecular weight excluding hydrogens is 288 g/mol. The number of halogens is 1. The molecular formula is C12H23ClN2O3S. The number of ether oxygens (including phenoxy) is 1. The summed E-state index contributed by atoms with van der Waals surface area (Å²) in [6, 6.07) is 0.241. The molecule has 5 nitrogen and oxygen atoms in total. The van der Waals surface area contributed by atoms with Gasteiger partial charge in [0.15, 0.2) is 0 Å². The molecule has 7 heteroatoms. The second-order valence-corrected chi connectivity index (χ2v) is 6.23. The smallest absolute Gasteiger partial charge is 0.313 e. The molecule has 19 heavy (non-hydrogen) atoms. The van der Waals surface area contributed by atoms with Gasteiger partial charge in [0.1, 0.15) is 0 Å². The van der Waals surface area contributed by atoms with Crippen LogP contribution in [0.25, 0.3) is 0 Å². The zero-order chi connectivity index (χ0) is 13.6. The summed E-state index contributed by atoms with van der Waals surface area (Å²) in [7, 11) is 1.36. The van der Waals surface area contributed by atoms with Gasteiger partial charge in [-0.15, -0.1) is 12.4 Å². The minimum absolute atomic E-state index is 0. The van der Waals surface area contributed by atoms with Crippen LogP contribution in [0.3, 0.4) is 0 Å². The fourth-order valence-corrected chi connectivity index (χ4v) is 2.66. The quantitative estimate of drug-likeness (QED) is 0.736. The Morgan fingerprint density at radius 2 is 2.16 bits per heavy atom. The second kappa shape index (κ2) is 8.66. The van der Waals surface area contributed by atoms with Crippen molar-refractivity contribution < 1.29 is 14.3 Å². The number of nitrogens with one attached hydrogen (secondary N) is 2. The summed E-state index contributed by atoms with van der Waals surface area (Å²) >= 11 is 1.86. The van der Waals surface area contributed by atoms with E-state index in [2.05, 4.69) is 10.6 Å². The standard InChI is InChI=1S/C12H22N2O3S.ClH/c1-12(2,11(16)17-3)8-14-10(15)6-9-7-18-5-4-13-9;/h9,13H,4-8H2,1-3H3,(H,14,15);1H. The Balaban J connectivity index is 0.00000324. The highest BCUT2D eigenvalue weighted by Crippen LogP contribution is 2.15. The minimum Gasteiger partial charge on any atom is -0.469 e. The van der Waals surface area contributed by atoms with Gasteiger partial charge >= 0.3 is 5.97 Å². The molecule has 112 valence electrons. The summed E-state index contributed by atoms with van der Waals surface area (Å²) in [5, 5.41) is 6.10. The molecule has 0 spiro atoms. The van der Waals surface area contributed by atoms with Gasteiger partial charge in [0.25, 0.3) is 0 Å². The third-order valence-electron chi connectivity index (χ3n) is 2.90. The van der Waals surface area contributed by atoms with E-state index in [9.17, 15) is 9.59 Å². The van der Waals surface area contributed by atoms with Crippen LogP contribution in [0.5, 0.6) is 0 Å². The first-order valence-electron chi connectivity index (χ1n) is 6.12. The summed E-state index contributed by atoms with van der Waals surface area (Å²) in [6.45, 7) is 4.77. The molecule has 1 saturated heterocycles. The molecule has 1 fully saturated rings. The summed E-state index contributed by atoms with van der Waals surface area (Å²) < 4.78 is 4.69. The molecule has 1 amide bonds. The predicted octanol–water partition coefficient (Wildman–Crippen LogP) is 0.819. The highest BCUT2D eigenvalue weighted by Gasteiger charge is 2.29. The third kappa shape index (κ3) is 6.49. The number of esters is 1. The van der Waals surface area contributed by atoms with Gasteiger partial charge in [0, 0.05) is 37.1 Å². The summed E-state index contributed by atoms with van der Waals surface area (Å²) in [5.74, 6) is 1.74. The molecule has 0 aliphatic carbocycles. The van der Waals surface area contributed by atoms with Crippen LogP contribution in [0.4, 0.5) is 0 Å². The minimum atomic E-state index is -0.681. The first-order chi connectivity index (χ1) is 8.45. The Morgan fingerprint density at radius 3 is 2.68 bits per heavy atom. The van der Waals surface area contributed by atoms with E-state index >= 15 is 0 Å². The highest BCUT2D eigenvalue weighted by molar-refractivity contribution is 7.99. The molecule has 2 N–H and O–H groups in total. The van der Waals surface area contributed by atoms with Crippen LogP contribution in [0.15, 0.2) is 0 Å². The number of carbonyl (C=O) groups is 2. The molecule has 1 heterocycles. The number of methoxy groups -OCH3 is 1. The van der Waals surface area contributed by atoms with Crippen LogP contribution in [0, 0.1) is 5.41 Å². The van der Waals surface area contributed by atoms with Crippen molar-refractivity contribution in [1.82, 2.24) is 10.6 Å². The topological polar surface area (TPSA) is 67.4 Å². The average Bonchev–Trinajstić information content (AvgIpc) is 2.36. The van der Waals surface area contributed by atoms with E-state index in [1.807, 2.05) is 11.8 Å². The van der Waals surface area contributed by atoms with Gasteiger partial charge in [-0.25, -0.2) is 0 Å². The Hall–Kier alpha value is -0.460. The van der Waals surface area contributed by atoms with Crippen LogP contribution in [-0.2, 0) is 14.3 Å². The van der Waals surface area contributed by atoms with Gasteiger partial charge in [-0.05, 0) is 13.8 Å². The molecule has 1 aliphatic heterocycles. The molecule has 0 aromatic carbocycles. The lowest BCUT2D eigenvalue weighted by molar-refractivity contribution is -0.150.